The maximum absolute atomic E-state index is 10.7. The predicted octanol–water partition coefficient (Wildman–Crippen LogP) is 3.07. The monoisotopic (exact) mass is 289 g/mol. The Hall–Kier alpha value is -1.04. The van der Waals surface area contributed by atoms with E-state index in [1.807, 2.05) is 0 Å². The van der Waals surface area contributed by atoms with E-state index in [9.17, 15) is 10.1 Å². The summed E-state index contributed by atoms with van der Waals surface area (Å²) < 4.78 is 0. The van der Waals surface area contributed by atoms with Crippen LogP contribution in [-0.4, -0.2) is 24.1 Å². The van der Waals surface area contributed by atoms with E-state index in [0.29, 0.717) is 5.69 Å². The molecule has 0 aliphatic carbocycles. The largest absolute Gasteiger partial charge is 0.379 e. The van der Waals surface area contributed by atoms with Crippen LogP contribution in [0.4, 0.5) is 11.4 Å². The molecule has 0 aromatic heterocycles. The first kappa shape index (κ1) is 13.4. The van der Waals surface area contributed by atoms with Crippen LogP contribution in [0.15, 0.2) is 12.1 Å². The third-order valence-corrected chi connectivity index (χ3v) is 3.48. The van der Waals surface area contributed by atoms with Crippen LogP contribution < -0.4 is 10.6 Å². The molecule has 2 rings (SSSR count). The molecule has 1 aromatic rings. The molecule has 7 heteroatoms. The molecule has 1 saturated heterocycles. The van der Waals surface area contributed by atoms with Crippen LogP contribution in [-0.2, 0) is 0 Å². The highest BCUT2D eigenvalue weighted by molar-refractivity contribution is 6.39. The molecule has 0 bridgehead atoms. The number of nitrogens with one attached hydrogen (secondary N) is 2. The Bertz CT molecular complexity index is 439. The normalized spacial score (nSPS) is 19.6. The van der Waals surface area contributed by atoms with E-state index in [2.05, 4.69) is 10.6 Å². The number of benzene rings is 1. The standard InChI is InChI=1S/C11H13Cl2N3O2/c12-9-4-8(16(17)18)5-10(13)11(9)15-7-2-1-3-14-6-7/h4-5,7,14-15H,1-3,6H2. The smallest absolute Gasteiger partial charge is 0.272 e. The van der Waals surface area contributed by atoms with Gasteiger partial charge < -0.3 is 10.6 Å². The number of halogens is 2. The Balaban J connectivity index is 2.19. The Labute approximate surface area is 115 Å². The third-order valence-electron chi connectivity index (χ3n) is 2.88. The maximum atomic E-state index is 10.7. The summed E-state index contributed by atoms with van der Waals surface area (Å²) in [4.78, 5) is 10.2. The highest BCUT2D eigenvalue weighted by Crippen LogP contribution is 2.35. The van der Waals surface area contributed by atoms with Gasteiger partial charge in [-0.3, -0.25) is 10.1 Å². The molecule has 1 aromatic carbocycles. The molecular weight excluding hydrogens is 277 g/mol. The Kier molecular flexibility index (Phi) is 4.27. The van der Waals surface area contributed by atoms with E-state index >= 15 is 0 Å². The first-order valence-electron chi connectivity index (χ1n) is 5.68. The molecule has 5 nitrogen and oxygen atoms in total. The van der Waals surface area contributed by atoms with Crippen molar-refractivity contribution in [3.63, 3.8) is 0 Å². The van der Waals surface area contributed by atoms with Crippen LogP contribution in [0.1, 0.15) is 12.8 Å². The highest BCUT2D eigenvalue weighted by atomic mass is 35.5. The lowest BCUT2D eigenvalue weighted by Crippen LogP contribution is -2.38. The van der Waals surface area contributed by atoms with E-state index in [1.54, 1.807) is 0 Å². The molecular formula is C11H13Cl2N3O2. The number of nitrogens with zero attached hydrogens (tertiary/aromatic N) is 1. The highest BCUT2D eigenvalue weighted by Gasteiger charge is 2.18. The summed E-state index contributed by atoms with van der Waals surface area (Å²) in [5.41, 5.74) is 0.468. The second-order valence-corrected chi connectivity index (χ2v) is 5.04. The van der Waals surface area contributed by atoms with Crippen LogP contribution in [0.5, 0.6) is 0 Å². The van der Waals surface area contributed by atoms with E-state index in [1.165, 1.54) is 12.1 Å². The van der Waals surface area contributed by atoms with Crippen molar-refractivity contribution >= 4 is 34.6 Å². The molecule has 1 unspecified atom stereocenters. The molecule has 1 aliphatic heterocycles. The quantitative estimate of drug-likeness (QED) is 0.663. The molecule has 1 aliphatic rings. The Morgan fingerprint density at radius 1 is 1.39 bits per heavy atom. The van der Waals surface area contributed by atoms with Crippen molar-refractivity contribution in [3.8, 4) is 0 Å². The fourth-order valence-electron chi connectivity index (χ4n) is 1.98. The van der Waals surface area contributed by atoms with Crippen molar-refractivity contribution in [2.45, 2.75) is 18.9 Å². The lowest BCUT2D eigenvalue weighted by atomic mass is 10.1. The van der Waals surface area contributed by atoms with E-state index in [0.717, 1.165) is 25.9 Å². The van der Waals surface area contributed by atoms with Gasteiger partial charge in [0.05, 0.1) is 20.7 Å². The van der Waals surface area contributed by atoms with Crippen LogP contribution >= 0.6 is 23.2 Å². The number of non-ortho nitro benzene ring substituents is 1. The van der Waals surface area contributed by atoms with Crippen molar-refractivity contribution in [2.75, 3.05) is 18.4 Å². The fourth-order valence-corrected chi connectivity index (χ4v) is 2.57. The second-order valence-electron chi connectivity index (χ2n) is 4.23. The summed E-state index contributed by atoms with van der Waals surface area (Å²) in [6.45, 7) is 1.85. The number of hydrogen-bond acceptors (Lipinski definition) is 4. The minimum atomic E-state index is -0.510. The summed E-state index contributed by atoms with van der Waals surface area (Å²) in [6.07, 6.45) is 2.11. The lowest BCUT2D eigenvalue weighted by Gasteiger charge is -2.25. The summed E-state index contributed by atoms with van der Waals surface area (Å²) >= 11 is 12.1. The van der Waals surface area contributed by atoms with Crippen LogP contribution in [0.2, 0.25) is 10.0 Å². The molecule has 2 N–H and O–H groups in total. The maximum Gasteiger partial charge on any atom is 0.272 e. The average Bonchev–Trinajstić information content (AvgIpc) is 2.34. The van der Waals surface area contributed by atoms with E-state index in [-0.39, 0.29) is 21.8 Å². The Morgan fingerprint density at radius 2 is 2.06 bits per heavy atom. The zero-order valence-electron chi connectivity index (χ0n) is 9.58. The third kappa shape index (κ3) is 3.04. The van der Waals surface area contributed by atoms with E-state index < -0.39 is 4.92 Å². The van der Waals surface area contributed by atoms with Gasteiger partial charge in [0.25, 0.3) is 5.69 Å². The summed E-state index contributed by atoms with van der Waals surface area (Å²) in [6, 6.07) is 2.87. The van der Waals surface area contributed by atoms with Crippen molar-refractivity contribution in [1.82, 2.24) is 5.32 Å². The zero-order valence-corrected chi connectivity index (χ0v) is 11.1. The fraction of sp³-hybridized carbons (Fsp3) is 0.455. The number of hydrogen-bond donors (Lipinski definition) is 2. The molecule has 1 heterocycles. The van der Waals surface area contributed by atoms with E-state index in [4.69, 9.17) is 23.2 Å². The average molecular weight is 290 g/mol. The molecule has 1 atom stereocenters. The molecule has 0 spiro atoms. The molecule has 0 amide bonds. The van der Waals surface area contributed by atoms with Crippen molar-refractivity contribution in [2.24, 2.45) is 0 Å². The molecule has 1 fully saturated rings. The van der Waals surface area contributed by atoms with Gasteiger partial charge in [-0.25, -0.2) is 0 Å². The zero-order chi connectivity index (χ0) is 13.1. The topological polar surface area (TPSA) is 67.2 Å². The van der Waals surface area contributed by atoms with Crippen molar-refractivity contribution in [3.05, 3.63) is 32.3 Å². The van der Waals surface area contributed by atoms with Crippen LogP contribution in [0, 0.1) is 10.1 Å². The Morgan fingerprint density at radius 3 is 2.56 bits per heavy atom. The van der Waals surface area contributed by atoms with Gasteiger partial charge in [-0.2, -0.15) is 0 Å². The number of piperidine rings is 1. The number of nitro benzene ring substituents is 1. The summed E-state index contributed by atoms with van der Waals surface area (Å²) in [5, 5.41) is 17.7. The summed E-state index contributed by atoms with van der Waals surface area (Å²) in [5.74, 6) is 0. The lowest BCUT2D eigenvalue weighted by molar-refractivity contribution is -0.384. The van der Waals surface area contributed by atoms with Gasteiger partial charge in [-0.15, -0.1) is 0 Å². The summed E-state index contributed by atoms with van der Waals surface area (Å²) in [7, 11) is 0. The van der Waals surface area contributed by atoms with Crippen LogP contribution in [0.25, 0.3) is 0 Å². The SMILES string of the molecule is O=[N+]([O-])c1cc(Cl)c(NC2CCCNC2)c(Cl)c1. The van der Waals surface area contributed by atoms with Crippen LogP contribution in [0.3, 0.4) is 0 Å². The van der Waals surface area contributed by atoms with Gasteiger partial charge in [-0.1, -0.05) is 23.2 Å². The first-order valence-corrected chi connectivity index (χ1v) is 6.44. The number of rotatable bonds is 3. The van der Waals surface area contributed by atoms with Gasteiger partial charge in [0, 0.05) is 24.7 Å². The van der Waals surface area contributed by atoms with Crippen molar-refractivity contribution in [1.29, 1.82) is 0 Å². The first-order chi connectivity index (χ1) is 8.58. The second kappa shape index (κ2) is 5.73. The van der Waals surface area contributed by atoms with Gasteiger partial charge >= 0.3 is 0 Å². The van der Waals surface area contributed by atoms with Gasteiger partial charge in [0.15, 0.2) is 0 Å². The minimum Gasteiger partial charge on any atom is -0.379 e. The minimum absolute atomic E-state index is 0.0997. The van der Waals surface area contributed by atoms with Gasteiger partial charge in [0.1, 0.15) is 0 Å². The number of anilines is 1. The van der Waals surface area contributed by atoms with Crippen molar-refractivity contribution < 1.29 is 4.92 Å². The predicted molar refractivity (Wildman–Crippen MR) is 72.6 cm³/mol. The molecule has 98 valence electrons. The molecule has 0 saturated carbocycles. The number of nitro groups is 1. The van der Waals surface area contributed by atoms with Gasteiger partial charge in [-0.05, 0) is 19.4 Å². The van der Waals surface area contributed by atoms with Gasteiger partial charge in [0.2, 0.25) is 0 Å². The molecule has 0 radical (unpaired) electrons. The molecule has 18 heavy (non-hydrogen) atoms.